The van der Waals surface area contributed by atoms with E-state index in [-0.39, 0.29) is 17.9 Å². The SMILES string of the molecule is CN1CCN(Cc2cnc(C(=O)NCC3COc4cccc(Br)c4O3)o2)CC1. The molecule has 3 heterocycles. The molecule has 0 aliphatic carbocycles. The van der Waals surface area contributed by atoms with Crippen molar-refractivity contribution in [2.75, 3.05) is 46.4 Å². The van der Waals surface area contributed by atoms with Crippen LogP contribution >= 0.6 is 15.9 Å². The third-order valence-electron chi connectivity index (χ3n) is 4.85. The van der Waals surface area contributed by atoms with Crippen molar-refractivity contribution in [1.82, 2.24) is 20.1 Å². The number of rotatable bonds is 5. The number of carbonyl (C=O) groups is 1. The van der Waals surface area contributed by atoms with Crippen molar-refractivity contribution in [3.63, 3.8) is 0 Å². The number of benzene rings is 1. The highest BCUT2D eigenvalue weighted by molar-refractivity contribution is 9.10. The molecule has 1 N–H and O–H groups in total. The first kappa shape index (κ1) is 19.2. The molecule has 9 heteroatoms. The fourth-order valence-corrected chi connectivity index (χ4v) is 3.64. The Kier molecular flexibility index (Phi) is 5.84. The molecule has 0 spiro atoms. The Balaban J connectivity index is 1.28. The predicted molar refractivity (Wildman–Crippen MR) is 106 cm³/mol. The van der Waals surface area contributed by atoms with Crippen LogP contribution in [0.5, 0.6) is 11.5 Å². The van der Waals surface area contributed by atoms with E-state index in [4.69, 9.17) is 13.9 Å². The number of nitrogens with zero attached hydrogens (tertiary/aromatic N) is 3. The molecular formula is C19H23BrN4O4. The quantitative estimate of drug-likeness (QED) is 0.742. The number of hydrogen-bond donors (Lipinski definition) is 1. The van der Waals surface area contributed by atoms with Gasteiger partial charge < -0.3 is 24.1 Å². The first-order chi connectivity index (χ1) is 13.6. The molecule has 0 saturated carbocycles. The zero-order chi connectivity index (χ0) is 19.5. The maximum atomic E-state index is 12.4. The Hall–Kier alpha value is -2.10. The number of oxazole rings is 1. The number of piperazine rings is 1. The zero-order valence-corrected chi connectivity index (χ0v) is 17.3. The summed E-state index contributed by atoms with van der Waals surface area (Å²) in [5, 5.41) is 2.81. The smallest absolute Gasteiger partial charge is 0.307 e. The number of amides is 1. The number of carbonyl (C=O) groups excluding carboxylic acids is 1. The number of fused-ring (bicyclic) bond motifs is 1. The second-order valence-corrected chi connectivity index (χ2v) is 7.89. The third kappa shape index (κ3) is 4.48. The molecule has 1 fully saturated rings. The van der Waals surface area contributed by atoms with Gasteiger partial charge in [0.05, 0.1) is 23.8 Å². The Bertz CT molecular complexity index is 835. The number of likely N-dealkylation sites (N-methyl/N-ethyl adjacent to an activating group) is 1. The summed E-state index contributed by atoms with van der Waals surface area (Å²) in [4.78, 5) is 21.1. The number of nitrogens with one attached hydrogen (secondary N) is 1. The number of halogens is 1. The average Bonchev–Trinajstić information content (AvgIpc) is 3.17. The van der Waals surface area contributed by atoms with Crippen LogP contribution in [0.3, 0.4) is 0 Å². The summed E-state index contributed by atoms with van der Waals surface area (Å²) in [6.07, 6.45) is 1.34. The summed E-state index contributed by atoms with van der Waals surface area (Å²) in [6, 6.07) is 5.62. The van der Waals surface area contributed by atoms with Gasteiger partial charge in [-0.25, -0.2) is 4.98 Å². The van der Waals surface area contributed by atoms with E-state index >= 15 is 0 Å². The van der Waals surface area contributed by atoms with E-state index in [0.717, 1.165) is 30.7 Å². The lowest BCUT2D eigenvalue weighted by molar-refractivity contribution is 0.0761. The molecule has 1 aromatic heterocycles. The van der Waals surface area contributed by atoms with Crippen LogP contribution in [0, 0.1) is 0 Å². The molecular weight excluding hydrogens is 428 g/mol. The normalized spacial score (nSPS) is 20.1. The predicted octanol–water partition coefficient (Wildman–Crippen LogP) is 1.75. The van der Waals surface area contributed by atoms with Gasteiger partial charge in [-0.1, -0.05) is 6.07 Å². The highest BCUT2D eigenvalue weighted by atomic mass is 79.9. The summed E-state index contributed by atoms with van der Waals surface area (Å²) in [5.74, 6) is 1.76. The third-order valence-corrected chi connectivity index (χ3v) is 5.48. The van der Waals surface area contributed by atoms with E-state index < -0.39 is 0 Å². The van der Waals surface area contributed by atoms with Crippen molar-refractivity contribution in [3.8, 4) is 11.5 Å². The standard InChI is InChI=1S/C19H23BrN4O4/c1-23-5-7-24(8-6-23)11-13-9-22-19(28-13)18(25)21-10-14-12-26-16-4-2-3-15(20)17(16)27-14/h2-4,9,14H,5-8,10-12H2,1H3,(H,21,25). The monoisotopic (exact) mass is 450 g/mol. The molecule has 2 aliphatic heterocycles. The van der Waals surface area contributed by atoms with Crippen molar-refractivity contribution in [1.29, 1.82) is 0 Å². The van der Waals surface area contributed by atoms with E-state index in [1.54, 1.807) is 6.20 Å². The lowest BCUT2D eigenvalue weighted by atomic mass is 10.2. The lowest BCUT2D eigenvalue weighted by Gasteiger charge is -2.31. The van der Waals surface area contributed by atoms with Crippen LogP contribution in [0.1, 0.15) is 16.4 Å². The highest BCUT2D eigenvalue weighted by Crippen LogP contribution is 2.38. The average molecular weight is 451 g/mol. The Morgan fingerprint density at radius 2 is 2.14 bits per heavy atom. The Labute approximate surface area is 171 Å². The van der Waals surface area contributed by atoms with Crippen molar-refractivity contribution in [2.24, 2.45) is 0 Å². The molecule has 8 nitrogen and oxygen atoms in total. The van der Waals surface area contributed by atoms with Crippen molar-refractivity contribution < 1.29 is 18.7 Å². The molecule has 1 amide bonds. The van der Waals surface area contributed by atoms with Gasteiger partial charge in [-0.2, -0.15) is 0 Å². The van der Waals surface area contributed by atoms with Crippen molar-refractivity contribution in [3.05, 3.63) is 40.5 Å². The minimum atomic E-state index is -0.355. The van der Waals surface area contributed by atoms with Crippen molar-refractivity contribution in [2.45, 2.75) is 12.6 Å². The van der Waals surface area contributed by atoms with Gasteiger partial charge >= 0.3 is 5.91 Å². The molecule has 2 aromatic rings. The summed E-state index contributed by atoms with van der Waals surface area (Å²) in [5.41, 5.74) is 0. The minimum absolute atomic E-state index is 0.0717. The molecule has 4 rings (SSSR count). The van der Waals surface area contributed by atoms with Gasteiger partial charge in [-0.05, 0) is 35.1 Å². The second-order valence-electron chi connectivity index (χ2n) is 7.04. The maximum Gasteiger partial charge on any atom is 0.307 e. The first-order valence-corrected chi connectivity index (χ1v) is 10.1. The minimum Gasteiger partial charge on any atom is -0.486 e. The molecule has 2 aliphatic rings. The van der Waals surface area contributed by atoms with Gasteiger partial charge in [-0.3, -0.25) is 9.69 Å². The molecule has 0 bridgehead atoms. The molecule has 1 saturated heterocycles. The highest BCUT2D eigenvalue weighted by Gasteiger charge is 2.24. The maximum absolute atomic E-state index is 12.4. The van der Waals surface area contributed by atoms with Crippen LogP contribution in [0.15, 0.2) is 33.3 Å². The summed E-state index contributed by atoms with van der Waals surface area (Å²) in [7, 11) is 2.12. The van der Waals surface area contributed by atoms with E-state index in [0.29, 0.717) is 37.0 Å². The largest absolute Gasteiger partial charge is 0.486 e. The molecule has 1 unspecified atom stereocenters. The van der Waals surface area contributed by atoms with Crippen LogP contribution in [0.4, 0.5) is 0 Å². The fourth-order valence-electron chi connectivity index (χ4n) is 3.20. The molecule has 150 valence electrons. The summed E-state index contributed by atoms with van der Waals surface area (Å²) >= 11 is 3.45. The molecule has 1 aromatic carbocycles. The van der Waals surface area contributed by atoms with Gasteiger partial charge in [0.1, 0.15) is 12.4 Å². The topological polar surface area (TPSA) is 80.1 Å². The van der Waals surface area contributed by atoms with Crippen LogP contribution in [0.25, 0.3) is 0 Å². The van der Waals surface area contributed by atoms with Gasteiger partial charge in [0.15, 0.2) is 17.6 Å². The van der Waals surface area contributed by atoms with E-state index in [1.165, 1.54) is 0 Å². The fraction of sp³-hybridized carbons (Fsp3) is 0.474. The van der Waals surface area contributed by atoms with Crippen LogP contribution in [-0.4, -0.2) is 73.2 Å². The Morgan fingerprint density at radius 1 is 1.32 bits per heavy atom. The number of para-hydroxylation sites is 1. The molecule has 28 heavy (non-hydrogen) atoms. The van der Waals surface area contributed by atoms with Crippen LogP contribution in [0.2, 0.25) is 0 Å². The van der Waals surface area contributed by atoms with Gasteiger partial charge in [0, 0.05) is 26.2 Å². The van der Waals surface area contributed by atoms with Gasteiger partial charge in [0.25, 0.3) is 5.89 Å². The Morgan fingerprint density at radius 3 is 2.96 bits per heavy atom. The second kappa shape index (κ2) is 8.50. The first-order valence-electron chi connectivity index (χ1n) is 9.30. The van der Waals surface area contributed by atoms with E-state index in [2.05, 4.69) is 43.1 Å². The molecule has 0 radical (unpaired) electrons. The van der Waals surface area contributed by atoms with E-state index in [9.17, 15) is 4.79 Å². The number of hydrogen-bond acceptors (Lipinski definition) is 7. The van der Waals surface area contributed by atoms with Crippen molar-refractivity contribution >= 4 is 21.8 Å². The number of ether oxygens (including phenoxy) is 2. The molecule has 1 atom stereocenters. The number of aromatic nitrogens is 1. The van der Waals surface area contributed by atoms with Crippen LogP contribution < -0.4 is 14.8 Å². The van der Waals surface area contributed by atoms with Crippen LogP contribution in [-0.2, 0) is 6.54 Å². The van der Waals surface area contributed by atoms with Gasteiger partial charge in [0.2, 0.25) is 0 Å². The van der Waals surface area contributed by atoms with Gasteiger partial charge in [-0.15, -0.1) is 0 Å². The van der Waals surface area contributed by atoms with E-state index in [1.807, 2.05) is 18.2 Å². The lowest BCUT2D eigenvalue weighted by Crippen LogP contribution is -2.43. The summed E-state index contributed by atoms with van der Waals surface area (Å²) in [6.45, 7) is 5.36. The zero-order valence-electron chi connectivity index (χ0n) is 15.7. The summed E-state index contributed by atoms with van der Waals surface area (Å²) < 4.78 is 18.1.